The van der Waals surface area contributed by atoms with Crippen LogP contribution in [0.25, 0.3) is 32.9 Å². The molecule has 3 aromatic carbocycles. The number of aromatic nitrogens is 4. The van der Waals surface area contributed by atoms with E-state index < -0.39 is 5.97 Å². The van der Waals surface area contributed by atoms with E-state index in [1.165, 1.54) is 0 Å². The van der Waals surface area contributed by atoms with Crippen LogP contribution >= 0.6 is 23.2 Å². The van der Waals surface area contributed by atoms with E-state index in [2.05, 4.69) is 11.5 Å². The Balaban J connectivity index is 1.26. The number of aryl methyl sites for hydroxylation is 6. The van der Waals surface area contributed by atoms with Gasteiger partial charge in [0.05, 0.1) is 60.5 Å². The fourth-order valence-corrected chi connectivity index (χ4v) is 9.05. The van der Waals surface area contributed by atoms with E-state index >= 15 is 4.79 Å². The molecular formula is C44H47Cl2N5O6. The summed E-state index contributed by atoms with van der Waals surface area (Å²) >= 11 is 13.6. The number of amides is 1. The van der Waals surface area contributed by atoms with Gasteiger partial charge in [-0.3, -0.25) is 9.48 Å². The number of anilines is 1. The lowest BCUT2D eigenvalue weighted by molar-refractivity contribution is -0.0745. The molecule has 57 heavy (non-hydrogen) atoms. The highest BCUT2D eigenvalue weighted by molar-refractivity contribution is 6.35. The maximum atomic E-state index is 15.4. The number of ether oxygens (including phenoxy) is 3. The Morgan fingerprint density at radius 3 is 2.39 bits per heavy atom. The third kappa shape index (κ3) is 6.78. The second kappa shape index (κ2) is 15.2. The van der Waals surface area contributed by atoms with Gasteiger partial charge in [0.25, 0.3) is 5.91 Å². The Kier molecular flexibility index (Phi) is 10.4. The molecule has 11 nitrogen and oxygen atoms in total. The normalized spacial score (nSPS) is 15.8. The first-order valence-electron chi connectivity index (χ1n) is 19.3. The standard InChI is InChI=1S/C44H47Cl2N5O6/c1-23-13-31(14-24(2)39(23)46)57-12-8-9-32-33-10-11-34(45)38(37-26(4)47-49(7)27(37)5)41(33)51-25(3)18-50(43(52)42(32)51)35-16-28(19-55-20-29-21-56-22-29)15-30-17-36(44(53)54)48(6)40(30)35/h10-11,13-17,25,29H,8-9,12,18-22H2,1-7H3,(H,53,54)/t25-/m1/s1. The van der Waals surface area contributed by atoms with Crippen molar-refractivity contribution in [2.24, 2.45) is 20.0 Å². The number of benzene rings is 3. The molecule has 0 bridgehead atoms. The van der Waals surface area contributed by atoms with E-state index in [1.54, 1.807) is 17.7 Å². The van der Waals surface area contributed by atoms with E-state index in [9.17, 15) is 9.90 Å². The Bertz CT molecular complexity index is 2580. The lowest BCUT2D eigenvalue weighted by atomic mass is 9.98. The van der Waals surface area contributed by atoms with Crippen LogP contribution in [0.3, 0.4) is 0 Å². The van der Waals surface area contributed by atoms with Gasteiger partial charge in [0.1, 0.15) is 17.1 Å². The minimum atomic E-state index is -1.04. The van der Waals surface area contributed by atoms with Gasteiger partial charge in [0, 0.05) is 65.2 Å². The number of nitrogens with zero attached hydrogens (tertiary/aromatic N) is 5. The summed E-state index contributed by atoms with van der Waals surface area (Å²) in [5, 5.41) is 17.9. The van der Waals surface area contributed by atoms with E-state index in [-0.39, 0.29) is 17.6 Å². The van der Waals surface area contributed by atoms with Crippen molar-refractivity contribution >= 4 is 62.6 Å². The van der Waals surface area contributed by atoms with Gasteiger partial charge in [-0.05, 0) is 106 Å². The highest BCUT2D eigenvalue weighted by atomic mass is 35.5. The van der Waals surface area contributed by atoms with Crippen LogP contribution in [0.1, 0.15) is 74.0 Å². The number of aromatic carboxylic acids is 1. The number of hydrogen-bond acceptors (Lipinski definition) is 6. The summed E-state index contributed by atoms with van der Waals surface area (Å²) in [6, 6.07) is 13.3. The summed E-state index contributed by atoms with van der Waals surface area (Å²) in [6.07, 6.45) is 1.20. The summed E-state index contributed by atoms with van der Waals surface area (Å²) in [6.45, 7) is 13.1. The van der Waals surface area contributed by atoms with Crippen molar-refractivity contribution < 1.29 is 28.9 Å². The van der Waals surface area contributed by atoms with Crippen LogP contribution in [-0.4, -0.2) is 68.9 Å². The highest BCUT2D eigenvalue weighted by Gasteiger charge is 2.38. The topological polar surface area (TPSA) is 113 Å². The molecule has 1 fully saturated rings. The number of carboxylic acids is 1. The van der Waals surface area contributed by atoms with Crippen LogP contribution in [0.2, 0.25) is 10.0 Å². The van der Waals surface area contributed by atoms with E-state index in [0.717, 1.165) is 71.8 Å². The molecule has 5 heterocycles. The van der Waals surface area contributed by atoms with E-state index in [0.29, 0.717) is 80.3 Å². The Morgan fingerprint density at radius 1 is 1.00 bits per heavy atom. The van der Waals surface area contributed by atoms with Gasteiger partial charge >= 0.3 is 5.97 Å². The zero-order chi connectivity index (χ0) is 40.4. The molecule has 298 valence electrons. The van der Waals surface area contributed by atoms with Gasteiger partial charge in [0.2, 0.25) is 0 Å². The second-order valence-corrected chi connectivity index (χ2v) is 16.4. The van der Waals surface area contributed by atoms with Crippen molar-refractivity contribution in [3.05, 3.63) is 97.5 Å². The summed E-state index contributed by atoms with van der Waals surface area (Å²) in [4.78, 5) is 29.6. The van der Waals surface area contributed by atoms with Crippen molar-refractivity contribution in [1.29, 1.82) is 0 Å². The molecule has 2 aliphatic rings. The van der Waals surface area contributed by atoms with Crippen molar-refractivity contribution in [3.63, 3.8) is 0 Å². The number of carboxylic acid groups (broad SMARTS) is 1. The Hall–Kier alpha value is -4.81. The van der Waals surface area contributed by atoms with Crippen molar-refractivity contribution in [1.82, 2.24) is 18.9 Å². The Labute approximate surface area is 341 Å². The van der Waals surface area contributed by atoms with Gasteiger partial charge in [-0.1, -0.05) is 29.3 Å². The molecule has 2 aliphatic heterocycles. The first-order chi connectivity index (χ1) is 27.2. The number of hydrogen-bond donors (Lipinski definition) is 1. The number of rotatable bonds is 12. The predicted octanol–water partition coefficient (Wildman–Crippen LogP) is 9.17. The molecule has 1 atom stereocenters. The molecule has 6 aromatic rings. The average Bonchev–Trinajstić information content (AvgIpc) is 3.75. The molecule has 8 rings (SSSR count). The van der Waals surface area contributed by atoms with Gasteiger partial charge in [-0.2, -0.15) is 5.10 Å². The SMILES string of the molecule is Cc1cc(OCCCc2c3n(c4c(-c5c(C)nn(C)c5C)c(Cl)ccc24)[C@H](C)CN(c2cc(COCC4COC4)cc4cc(C(=O)O)n(C)c24)C3=O)cc(C)c1Cl. The molecule has 0 spiro atoms. The summed E-state index contributed by atoms with van der Waals surface area (Å²) in [5.41, 5.74) is 10.2. The third-order valence-electron chi connectivity index (χ3n) is 11.6. The maximum Gasteiger partial charge on any atom is 0.352 e. The van der Waals surface area contributed by atoms with E-state index in [4.69, 9.17) is 42.5 Å². The fraction of sp³-hybridized carbons (Fsp3) is 0.386. The molecule has 0 radical (unpaired) electrons. The molecule has 1 amide bonds. The smallest absolute Gasteiger partial charge is 0.352 e. The zero-order valence-electron chi connectivity index (χ0n) is 33.3. The summed E-state index contributed by atoms with van der Waals surface area (Å²) in [5.74, 6) is -0.103. The molecular weight excluding hydrogens is 765 g/mol. The number of carbonyl (C=O) groups is 2. The van der Waals surface area contributed by atoms with Crippen LogP contribution in [0.15, 0.2) is 42.5 Å². The second-order valence-electron chi connectivity index (χ2n) is 15.6. The van der Waals surface area contributed by atoms with Crippen LogP contribution in [0.5, 0.6) is 5.75 Å². The molecule has 0 saturated carbocycles. The van der Waals surface area contributed by atoms with Crippen molar-refractivity contribution in [2.75, 3.05) is 37.9 Å². The zero-order valence-corrected chi connectivity index (χ0v) is 34.8. The molecule has 0 aliphatic carbocycles. The monoisotopic (exact) mass is 811 g/mol. The van der Waals surface area contributed by atoms with Gasteiger partial charge in [-0.25, -0.2) is 4.79 Å². The molecule has 3 aromatic heterocycles. The fourth-order valence-electron chi connectivity index (χ4n) is 8.70. The van der Waals surface area contributed by atoms with Gasteiger partial charge in [0.15, 0.2) is 0 Å². The van der Waals surface area contributed by atoms with Gasteiger partial charge in [-0.15, -0.1) is 0 Å². The quantitative estimate of drug-likeness (QED) is 0.123. The third-order valence-corrected chi connectivity index (χ3v) is 12.5. The first kappa shape index (κ1) is 39.0. The maximum absolute atomic E-state index is 15.4. The van der Waals surface area contributed by atoms with Crippen molar-refractivity contribution in [3.8, 4) is 16.9 Å². The lowest BCUT2D eigenvalue weighted by Gasteiger charge is -2.35. The van der Waals surface area contributed by atoms with Crippen LogP contribution < -0.4 is 9.64 Å². The molecule has 0 unspecified atom stereocenters. The Morgan fingerprint density at radius 2 is 1.74 bits per heavy atom. The molecule has 13 heteroatoms. The van der Waals surface area contributed by atoms with Gasteiger partial charge < -0.3 is 33.4 Å². The lowest BCUT2D eigenvalue weighted by Crippen LogP contribution is -2.43. The molecule has 1 saturated heterocycles. The number of halogens is 2. The van der Waals surface area contributed by atoms with E-state index in [1.807, 2.05) is 80.7 Å². The number of fused-ring (bicyclic) bond motifs is 4. The number of carbonyl (C=O) groups excluding carboxylic acids is 1. The minimum absolute atomic E-state index is 0.135. The molecule has 1 N–H and O–H groups in total. The van der Waals surface area contributed by atoms with Crippen LogP contribution in [0.4, 0.5) is 5.69 Å². The average molecular weight is 813 g/mol. The van der Waals surface area contributed by atoms with Crippen LogP contribution in [-0.2, 0) is 36.6 Å². The van der Waals surface area contributed by atoms with Crippen molar-refractivity contribution in [2.45, 2.75) is 60.1 Å². The highest BCUT2D eigenvalue weighted by Crippen LogP contribution is 2.46. The largest absolute Gasteiger partial charge is 0.494 e. The predicted molar refractivity (Wildman–Crippen MR) is 224 cm³/mol. The minimum Gasteiger partial charge on any atom is -0.494 e. The van der Waals surface area contributed by atoms with Crippen LogP contribution in [0, 0.1) is 33.6 Å². The summed E-state index contributed by atoms with van der Waals surface area (Å²) in [7, 11) is 3.66. The first-order valence-corrected chi connectivity index (χ1v) is 20.1. The summed E-state index contributed by atoms with van der Waals surface area (Å²) < 4.78 is 23.4.